The summed E-state index contributed by atoms with van der Waals surface area (Å²) in [5, 5.41) is 0. The highest BCUT2D eigenvalue weighted by molar-refractivity contribution is 7.99. The van der Waals surface area contributed by atoms with E-state index in [1.54, 1.807) is 18.5 Å². The number of thioether (sulfide) groups is 1. The van der Waals surface area contributed by atoms with Crippen LogP contribution in [0.4, 0.5) is 0 Å². The van der Waals surface area contributed by atoms with E-state index in [2.05, 4.69) is 4.98 Å². The number of ether oxygens (including phenoxy) is 1. The predicted molar refractivity (Wildman–Crippen MR) is 64.7 cm³/mol. The number of fused-ring (bicyclic) bond motifs is 1. The first-order valence-electron chi connectivity index (χ1n) is 5.21. The van der Waals surface area contributed by atoms with Crippen molar-refractivity contribution in [2.75, 3.05) is 0 Å². The first kappa shape index (κ1) is 10.4. The van der Waals surface area contributed by atoms with Gasteiger partial charge in [-0.2, -0.15) is 0 Å². The molecule has 84 valence electrons. The highest BCUT2D eigenvalue weighted by Gasteiger charge is 2.27. The lowest BCUT2D eigenvalue weighted by Crippen LogP contribution is -2.15. The highest BCUT2D eigenvalue weighted by Crippen LogP contribution is 2.42. The van der Waals surface area contributed by atoms with Gasteiger partial charge in [-0.3, -0.25) is 4.98 Å². The number of carbonyl (C=O) groups is 1. The topological polar surface area (TPSA) is 39.2 Å². The second-order valence-electron chi connectivity index (χ2n) is 3.64. The number of carbonyl (C=O) groups excluding carboxylic acids is 1. The molecule has 0 spiro atoms. The lowest BCUT2D eigenvalue weighted by molar-refractivity contribution is 0.0439. The molecule has 0 saturated carbocycles. The standard InChI is InChI=1S/C13H9NO2S/c15-12-10-5-1-2-6-11(10)17-13(16-12)9-4-3-7-14-8-9/h1-8,13H. The Hall–Kier alpha value is -1.81. The monoisotopic (exact) mass is 243 g/mol. The lowest BCUT2D eigenvalue weighted by atomic mass is 10.2. The average Bonchev–Trinajstić information content (AvgIpc) is 2.40. The summed E-state index contributed by atoms with van der Waals surface area (Å²) in [6.07, 6.45) is 3.42. The first-order chi connectivity index (χ1) is 8.34. The Kier molecular flexibility index (Phi) is 2.57. The van der Waals surface area contributed by atoms with E-state index < -0.39 is 0 Å². The molecule has 1 atom stereocenters. The fourth-order valence-corrected chi connectivity index (χ4v) is 2.77. The van der Waals surface area contributed by atoms with Gasteiger partial charge in [-0.1, -0.05) is 30.0 Å². The van der Waals surface area contributed by atoms with Crippen molar-refractivity contribution in [1.29, 1.82) is 0 Å². The summed E-state index contributed by atoms with van der Waals surface area (Å²) in [4.78, 5) is 16.8. The third-order valence-corrected chi connectivity index (χ3v) is 3.70. The van der Waals surface area contributed by atoms with Crippen LogP contribution in [0.2, 0.25) is 0 Å². The van der Waals surface area contributed by atoms with Gasteiger partial charge >= 0.3 is 5.97 Å². The van der Waals surface area contributed by atoms with Gasteiger partial charge in [-0.05, 0) is 18.2 Å². The maximum atomic E-state index is 11.8. The molecule has 0 saturated heterocycles. The third-order valence-electron chi connectivity index (χ3n) is 2.51. The molecule has 0 fully saturated rings. The van der Waals surface area contributed by atoms with Gasteiger partial charge < -0.3 is 4.74 Å². The molecule has 1 aliphatic heterocycles. The summed E-state index contributed by atoms with van der Waals surface area (Å²) >= 11 is 1.53. The second kappa shape index (κ2) is 4.22. The summed E-state index contributed by atoms with van der Waals surface area (Å²) < 4.78 is 5.38. The van der Waals surface area contributed by atoms with E-state index in [-0.39, 0.29) is 11.4 Å². The van der Waals surface area contributed by atoms with E-state index >= 15 is 0 Å². The number of hydrogen-bond donors (Lipinski definition) is 0. The van der Waals surface area contributed by atoms with Crippen LogP contribution in [0.5, 0.6) is 0 Å². The Morgan fingerprint density at radius 2 is 2.06 bits per heavy atom. The van der Waals surface area contributed by atoms with Crippen molar-refractivity contribution in [3.8, 4) is 0 Å². The Labute approximate surface area is 103 Å². The number of nitrogens with zero attached hydrogens (tertiary/aromatic N) is 1. The van der Waals surface area contributed by atoms with E-state index in [4.69, 9.17) is 4.74 Å². The number of aromatic nitrogens is 1. The van der Waals surface area contributed by atoms with E-state index in [1.807, 2.05) is 30.3 Å². The summed E-state index contributed by atoms with van der Waals surface area (Å²) in [5.41, 5.74) is 1.24. The maximum absolute atomic E-state index is 11.8. The summed E-state index contributed by atoms with van der Waals surface area (Å²) in [6.45, 7) is 0. The van der Waals surface area contributed by atoms with Crippen molar-refractivity contribution in [3.05, 3.63) is 59.9 Å². The Morgan fingerprint density at radius 3 is 2.88 bits per heavy atom. The van der Waals surface area contributed by atoms with E-state index in [0.717, 1.165) is 10.5 Å². The van der Waals surface area contributed by atoms with Crippen LogP contribution in [0.15, 0.2) is 53.7 Å². The van der Waals surface area contributed by atoms with Gasteiger partial charge in [0.15, 0.2) is 5.44 Å². The molecule has 2 aromatic rings. The van der Waals surface area contributed by atoms with E-state index in [9.17, 15) is 4.79 Å². The third kappa shape index (κ3) is 1.91. The van der Waals surface area contributed by atoms with E-state index in [1.165, 1.54) is 11.8 Å². The molecule has 0 N–H and O–H groups in total. The number of benzene rings is 1. The molecule has 17 heavy (non-hydrogen) atoms. The zero-order valence-electron chi connectivity index (χ0n) is 8.87. The van der Waals surface area contributed by atoms with Gasteiger partial charge in [-0.25, -0.2) is 4.79 Å². The average molecular weight is 243 g/mol. The fourth-order valence-electron chi connectivity index (χ4n) is 1.69. The molecule has 0 bridgehead atoms. The van der Waals surface area contributed by atoms with Gasteiger partial charge in [0.1, 0.15) is 0 Å². The number of cyclic esters (lactones) is 1. The second-order valence-corrected chi connectivity index (χ2v) is 4.74. The molecule has 1 aliphatic rings. The van der Waals surface area contributed by atoms with Gasteiger partial charge in [0.25, 0.3) is 0 Å². The Morgan fingerprint density at radius 1 is 1.18 bits per heavy atom. The number of rotatable bonds is 1. The summed E-state index contributed by atoms with van der Waals surface area (Å²) in [7, 11) is 0. The SMILES string of the molecule is O=C1OC(c2cccnc2)Sc2ccccc21. The maximum Gasteiger partial charge on any atom is 0.340 e. The number of pyridine rings is 1. The molecule has 3 rings (SSSR count). The van der Waals surface area contributed by atoms with Crippen molar-refractivity contribution >= 4 is 17.7 Å². The molecule has 4 heteroatoms. The molecule has 1 aromatic carbocycles. The van der Waals surface area contributed by atoms with Crippen LogP contribution in [0.1, 0.15) is 21.4 Å². The molecule has 0 amide bonds. The van der Waals surface area contributed by atoms with Crippen LogP contribution in [0.3, 0.4) is 0 Å². The summed E-state index contributed by atoms with van der Waals surface area (Å²) in [6, 6.07) is 11.2. The largest absolute Gasteiger partial charge is 0.442 e. The van der Waals surface area contributed by atoms with Crippen LogP contribution >= 0.6 is 11.8 Å². The van der Waals surface area contributed by atoms with Crippen molar-refractivity contribution < 1.29 is 9.53 Å². The number of esters is 1. The molecule has 0 aliphatic carbocycles. The first-order valence-corrected chi connectivity index (χ1v) is 6.09. The summed E-state index contributed by atoms with van der Waals surface area (Å²) in [5.74, 6) is -0.270. The van der Waals surface area contributed by atoms with E-state index in [0.29, 0.717) is 5.56 Å². The van der Waals surface area contributed by atoms with Crippen molar-refractivity contribution in [1.82, 2.24) is 4.98 Å². The Bertz CT molecular complexity index is 556. The molecule has 1 unspecified atom stereocenters. The number of hydrogen-bond acceptors (Lipinski definition) is 4. The fraction of sp³-hybridized carbons (Fsp3) is 0.0769. The van der Waals surface area contributed by atoms with Crippen LogP contribution < -0.4 is 0 Å². The minimum atomic E-state index is -0.300. The molecule has 1 aromatic heterocycles. The van der Waals surface area contributed by atoms with Crippen LogP contribution in [-0.4, -0.2) is 11.0 Å². The highest BCUT2D eigenvalue weighted by atomic mass is 32.2. The smallest absolute Gasteiger partial charge is 0.340 e. The zero-order valence-corrected chi connectivity index (χ0v) is 9.68. The van der Waals surface area contributed by atoms with Crippen molar-refractivity contribution in [2.24, 2.45) is 0 Å². The molecule has 2 heterocycles. The normalized spacial score (nSPS) is 18.4. The lowest BCUT2D eigenvalue weighted by Gasteiger charge is -2.23. The molecular formula is C13H9NO2S. The minimum Gasteiger partial charge on any atom is -0.442 e. The van der Waals surface area contributed by atoms with Crippen LogP contribution in [-0.2, 0) is 4.74 Å². The van der Waals surface area contributed by atoms with Gasteiger partial charge in [0.05, 0.1) is 5.56 Å². The van der Waals surface area contributed by atoms with Gasteiger partial charge in [0, 0.05) is 22.9 Å². The predicted octanol–water partition coefficient (Wildman–Crippen LogP) is 3.04. The van der Waals surface area contributed by atoms with Gasteiger partial charge in [-0.15, -0.1) is 0 Å². The van der Waals surface area contributed by atoms with Crippen molar-refractivity contribution in [3.63, 3.8) is 0 Å². The zero-order chi connectivity index (χ0) is 11.7. The molecular weight excluding hydrogens is 234 g/mol. The Balaban J connectivity index is 1.97. The van der Waals surface area contributed by atoms with Crippen LogP contribution in [0, 0.1) is 0 Å². The van der Waals surface area contributed by atoms with Gasteiger partial charge in [0.2, 0.25) is 0 Å². The minimum absolute atomic E-state index is 0.270. The quantitative estimate of drug-likeness (QED) is 0.722. The van der Waals surface area contributed by atoms with Crippen molar-refractivity contribution in [2.45, 2.75) is 10.3 Å². The molecule has 3 nitrogen and oxygen atoms in total. The molecule has 0 radical (unpaired) electrons. The van der Waals surface area contributed by atoms with Crippen LogP contribution in [0.25, 0.3) is 0 Å².